The molecule has 0 amide bonds. The average molecular weight is 436 g/mol. The van der Waals surface area contributed by atoms with E-state index in [2.05, 4.69) is 88.9 Å². The fourth-order valence-electron chi connectivity index (χ4n) is 3.53. The van der Waals surface area contributed by atoms with Crippen molar-refractivity contribution in [2.24, 2.45) is 0 Å². The third-order valence-electron chi connectivity index (χ3n) is 5.46. The van der Waals surface area contributed by atoms with Crippen molar-refractivity contribution < 1.29 is 4.79 Å². The Bertz CT molecular complexity index is 909. The molecule has 0 radical (unpaired) electrons. The van der Waals surface area contributed by atoms with E-state index in [0.29, 0.717) is 29.2 Å². The number of hydrogen-bond acceptors (Lipinski definition) is 2. The van der Waals surface area contributed by atoms with Gasteiger partial charge in [0.1, 0.15) is 4.32 Å². The van der Waals surface area contributed by atoms with Crippen LogP contribution in [0.2, 0.25) is 0 Å². The number of thiol groups is 1. The molecule has 0 atom stereocenters. The van der Waals surface area contributed by atoms with Crippen molar-refractivity contribution in [3.8, 4) is 0 Å². The summed E-state index contributed by atoms with van der Waals surface area (Å²) in [4.78, 5) is 15.2. The maximum absolute atomic E-state index is 13.2. The molecule has 0 N–H and O–H groups in total. The number of piperidine rings is 1. The van der Waals surface area contributed by atoms with Crippen LogP contribution >= 0.6 is 24.8 Å². The van der Waals surface area contributed by atoms with Crippen molar-refractivity contribution in [2.45, 2.75) is 39.5 Å². The Hall–Kier alpha value is -2.17. The third kappa shape index (κ3) is 5.50. The van der Waals surface area contributed by atoms with Crippen LogP contribution in [0.4, 0.5) is 0 Å². The molecule has 1 fully saturated rings. The van der Waals surface area contributed by atoms with Crippen molar-refractivity contribution in [2.75, 3.05) is 13.1 Å². The first-order chi connectivity index (χ1) is 14.2. The second kappa shape index (κ2) is 9.76. The number of nitrogens with zero attached hydrogens (tertiary/aromatic N) is 1. The van der Waals surface area contributed by atoms with Gasteiger partial charge < -0.3 is 4.90 Å². The number of benzene rings is 2. The Morgan fingerprint density at radius 1 is 0.833 bits per heavy atom. The number of carbonyl (C=O) groups is 1. The first-order valence-electron chi connectivity index (χ1n) is 10.4. The number of ketones is 1. The van der Waals surface area contributed by atoms with Gasteiger partial charge in [-0.05, 0) is 46.2 Å². The topological polar surface area (TPSA) is 20.3 Å². The fourth-order valence-corrected chi connectivity index (χ4v) is 3.80. The summed E-state index contributed by atoms with van der Waals surface area (Å²) in [6, 6.07) is 16.8. The lowest BCUT2D eigenvalue weighted by Crippen LogP contribution is -2.39. The lowest BCUT2D eigenvalue weighted by Gasteiger charge is -2.30. The SMILES string of the molecule is CC(C)c1ccc(/C=C2\CN(C(=S)S)C/C(=C\c3ccc(C(C)C)cc3)C2=O)cc1. The van der Waals surface area contributed by atoms with Crippen LogP contribution < -0.4 is 0 Å². The van der Waals surface area contributed by atoms with Crippen molar-refractivity contribution in [3.05, 3.63) is 81.9 Å². The predicted molar refractivity (Wildman–Crippen MR) is 135 cm³/mol. The van der Waals surface area contributed by atoms with E-state index in [-0.39, 0.29) is 5.78 Å². The molecule has 2 aromatic carbocycles. The number of rotatable bonds is 4. The number of likely N-dealkylation sites (tertiary alicyclic amines) is 1. The van der Waals surface area contributed by atoms with Crippen molar-refractivity contribution in [1.29, 1.82) is 0 Å². The summed E-state index contributed by atoms with van der Waals surface area (Å²) in [5, 5.41) is 0. The Balaban J connectivity index is 1.92. The van der Waals surface area contributed by atoms with Gasteiger partial charge in [-0.15, -0.1) is 12.6 Å². The van der Waals surface area contributed by atoms with Crippen LogP contribution in [0.15, 0.2) is 59.7 Å². The van der Waals surface area contributed by atoms with Gasteiger partial charge in [0.25, 0.3) is 0 Å². The smallest absolute Gasteiger partial charge is 0.188 e. The summed E-state index contributed by atoms with van der Waals surface area (Å²) >= 11 is 9.67. The van der Waals surface area contributed by atoms with Crippen LogP contribution in [0.25, 0.3) is 12.2 Å². The molecule has 0 bridgehead atoms. The van der Waals surface area contributed by atoms with Gasteiger partial charge in [0.2, 0.25) is 0 Å². The lowest BCUT2D eigenvalue weighted by molar-refractivity contribution is -0.113. The van der Waals surface area contributed by atoms with E-state index in [1.54, 1.807) is 0 Å². The molecule has 1 saturated heterocycles. The number of thiocarbonyl (C=S) groups is 1. The fraction of sp³-hybridized carbons (Fsp3) is 0.308. The van der Waals surface area contributed by atoms with Crippen LogP contribution in [0, 0.1) is 0 Å². The van der Waals surface area contributed by atoms with Gasteiger partial charge in [-0.3, -0.25) is 4.79 Å². The molecule has 1 aliphatic rings. The van der Waals surface area contributed by atoms with E-state index in [9.17, 15) is 4.79 Å². The van der Waals surface area contributed by atoms with E-state index in [0.717, 1.165) is 22.3 Å². The van der Waals surface area contributed by atoms with Crippen LogP contribution in [-0.2, 0) is 4.79 Å². The minimum atomic E-state index is 0.0803. The molecule has 2 aromatic rings. The molecular formula is C26H29NOS2. The van der Waals surface area contributed by atoms with Gasteiger partial charge in [0, 0.05) is 24.2 Å². The van der Waals surface area contributed by atoms with E-state index in [1.807, 2.05) is 17.1 Å². The van der Waals surface area contributed by atoms with Crippen molar-refractivity contribution in [3.63, 3.8) is 0 Å². The molecule has 3 rings (SSSR count). The summed E-state index contributed by atoms with van der Waals surface area (Å²) in [5.74, 6) is 1.05. The molecule has 1 heterocycles. The highest BCUT2D eigenvalue weighted by Gasteiger charge is 2.26. The molecular weight excluding hydrogens is 406 g/mol. The lowest BCUT2D eigenvalue weighted by atomic mass is 9.93. The van der Waals surface area contributed by atoms with Gasteiger partial charge in [-0.1, -0.05) is 88.4 Å². The van der Waals surface area contributed by atoms with E-state index in [1.165, 1.54) is 11.1 Å². The second-order valence-electron chi connectivity index (χ2n) is 8.45. The molecule has 4 heteroatoms. The molecule has 156 valence electrons. The molecule has 30 heavy (non-hydrogen) atoms. The van der Waals surface area contributed by atoms with Gasteiger partial charge in [-0.2, -0.15) is 0 Å². The van der Waals surface area contributed by atoms with Crippen molar-refractivity contribution >= 4 is 47.1 Å². The van der Waals surface area contributed by atoms with Crippen LogP contribution in [0.3, 0.4) is 0 Å². The third-order valence-corrected chi connectivity index (χ3v) is 6.01. The number of Topliss-reactive ketones (excluding diaryl/α,β-unsaturated/α-hetero) is 1. The Labute approximate surface area is 191 Å². The highest BCUT2D eigenvalue weighted by Crippen LogP contribution is 2.24. The van der Waals surface area contributed by atoms with Crippen LogP contribution in [0.1, 0.15) is 61.8 Å². The highest BCUT2D eigenvalue weighted by atomic mass is 32.1. The predicted octanol–water partition coefficient (Wildman–Crippen LogP) is 6.50. The average Bonchev–Trinajstić information content (AvgIpc) is 2.71. The van der Waals surface area contributed by atoms with Gasteiger partial charge in [0.15, 0.2) is 5.78 Å². The van der Waals surface area contributed by atoms with Crippen molar-refractivity contribution in [1.82, 2.24) is 4.90 Å². The highest BCUT2D eigenvalue weighted by molar-refractivity contribution is 8.10. The first-order valence-corrected chi connectivity index (χ1v) is 11.2. The number of hydrogen-bond donors (Lipinski definition) is 1. The van der Waals surface area contributed by atoms with Crippen LogP contribution in [0.5, 0.6) is 0 Å². The maximum Gasteiger partial charge on any atom is 0.188 e. The molecule has 2 nitrogen and oxygen atoms in total. The summed E-state index contributed by atoms with van der Waals surface area (Å²) in [6.45, 7) is 9.67. The quantitative estimate of drug-likeness (QED) is 0.336. The second-order valence-corrected chi connectivity index (χ2v) is 9.56. The Morgan fingerprint density at radius 2 is 1.20 bits per heavy atom. The summed E-state index contributed by atoms with van der Waals surface area (Å²) < 4.78 is 0.504. The molecule has 0 spiro atoms. The van der Waals surface area contributed by atoms with Gasteiger partial charge in [0.05, 0.1) is 0 Å². The monoisotopic (exact) mass is 435 g/mol. The Kier molecular flexibility index (Phi) is 7.32. The summed E-state index contributed by atoms with van der Waals surface area (Å²) in [6.07, 6.45) is 3.95. The minimum absolute atomic E-state index is 0.0803. The van der Waals surface area contributed by atoms with E-state index < -0.39 is 0 Å². The zero-order valence-electron chi connectivity index (χ0n) is 18.1. The normalized spacial score (nSPS) is 17.4. The first kappa shape index (κ1) is 22.5. The molecule has 0 aromatic heterocycles. The molecule has 0 saturated carbocycles. The minimum Gasteiger partial charge on any atom is -0.349 e. The van der Waals surface area contributed by atoms with Gasteiger partial charge >= 0.3 is 0 Å². The van der Waals surface area contributed by atoms with E-state index in [4.69, 9.17) is 12.2 Å². The zero-order chi connectivity index (χ0) is 21.8. The summed E-state index contributed by atoms with van der Waals surface area (Å²) in [7, 11) is 0. The molecule has 1 aliphatic heterocycles. The molecule has 0 aliphatic carbocycles. The van der Waals surface area contributed by atoms with E-state index >= 15 is 0 Å². The summed E-state index contributed by atoms with van der Waals surface area (Å²) in [5.41, 5.74) is 6.09. The standard InChI is InChI=1S/C26H29NOS2/c1-17(2)21-9-5-19(6-10-21)13-23-15-27(26(29)30)16-24(25(23)28)14-20-7-11-22(12-8-20)18(3)4/h5-14,17-18H,15-16H2,1-4H3,(H,29,30)/b23-13+,24-14+. The van der Waals surface area contributed by atoms with Crippen LogP contribution in [-0.4, -0.2) is 28.1 Å². The largest absolute Gasteiger partial charge is 0.349 e. The number of carbonyl (C=O) groups excluding carboxylic acids is 1. The maximum atomic E-state index is 13.2. The zero-order valence-corrected chi connectivity index (χ0v) is 19.8. The molecule has 0 unspecified atom stereocenters. The van der Waals surface area contributed by atoms with Gasteiger partial charge in [-0.25, -0.2) is 0 Å². The Morgan fingerprint density at radius 3 is 1.50 bits per heavy atom.